The van der Waals surface area contributed by atoms with E-state index in [9.17, 15) is 4.79 Å². The third kappa shape index (κ3) is 8.80. The highest BCUT2D eigenvalue weighted by atomic mass is 127. The van der Waals surface area contributed by atoms with Gasteiger partial charge in [-0.15, -0.1) is 24.0 Å². The molecule has 1 unspecified atom stereocenters. The Kier molecular flexibility index (Phi) is 11.7. The van der Waals surface area contributed by atoms with Crippen molar-refractivity contribution >= 4 is 47.6 Å². The Bertz CT molecular complexity index is 521. The van der Waals surface area contributed by atoms with Crippen LogP contribution in [0.25, 0.3) is 0 Å². The van der Waals surface area contributed by atoms with Crippen LogP contribution >= 0.6 is 35.7 Å². The number of carbonyl (C=O) groups is 1. The number of nitrogens with zero attached hydrogens (tertiary/aromatic N) is 1. The van der Waals surface area contributed by atoms with Crippen LogP contribution in [-0.4, -0.2) is 49.0 Å². The average Bonchev–Trinajstić information content (AvgIpc) is 3.13. The molecule has 1 heterocycles. The summed E-state index contributed by atoms with van der Waals surface area (Å²) < 4.78 is 0. The zero-order valence-electron chi connectivity index (χ0n) is 14.8. The van der Waals surface area contributed by atoms with E-state index in [4.69, 9.17) is 0 Å². The first-order valence-electron chi connectivity index (χ1n) is 8.76. The number of hydrogen-bond acceptors (Lipinski definition) is 3. The fourth-order valence-corrected chi connectivity index (χ4v) is 3.69. The minimum atomic E-state index is -0.0190. The van der Waals surface area contributed by atoms with E-state index >= 15 is 0 Å². The van der Waals surface area contributed by atoms with Crippen molar-refractivity contribution < 1.29 is 4.79 Å². The fourth-order valence-electron chi connectivity index (χ4n) is 2.51. The van der Waals surface area contributed by atoms with Crippen molar-refractivity contribution in [3.8, 4) is 0 Å². The Balaban J connectivity index is 0.00000312. The molecule has 0 radical (unpaired) electrons. The Morgan fingerprint density at radius 1 is 1.20 bits per heavy atom. The highest BCUT2D eigenvalue weighted by molar-refractivity contribution is 14.0. The topological polar surface area (TPSA) is 65.5 Å². The predicted octanol–water partition coefficient (Wildman–Crippen LogP) is 2.88. The van der Waals surface area contributed by atoms with E-state index in [1.54, 1.807) is 0 Å². The minimum Gasteiger partial charge on any atom is -0.357 e. The van der Waals surface area contributed by atoms with Crippen LogP contribution < -0.4 is 16.0 Å². The summed E-state index contributed by atoms with van der Waals surface area (Å²) >= 11 is 2.03. The Morgan fingerprint density at radius 3 is 2.64 bits per heavy atom. The second-order valence-corrected chi connectivity index (χ2v) is 7.17. The Labute approximate surface area is 172 Å². The molecule has 0 bridgehead atoms. The number of aliphatic imine (C=N–C) groups is 1. The summed E-state index contributed by atoms with van der Waals surface area (Å²) in [7, 11) is 0. The Hall–Kier alpha value is -0.960. The predicted molar refractivity (Wildman–Crippen MR) is 118 cm³/mol. The molecule has 1 fully saturated rings. The van der Waals surface area contributed by atoms with Crippen molar-refractivity contribution in [2.75, 3.05) is 31.9 Å². The van der Waals surface area contributed by atoms with Gasteiger partial charge >= 0.3 is 0 Å². The van der Waals surface area contributed by atoms with E-state index in [0.717, 1.165) is 32.0 Å². The maximum Gasteiger partial charge on any atom is 0.251 e. The van der Waals surface area contributed by atoms with Crippen LogP contribution in [0.15, 0.2) is 35.3 Å². The zero-order chi connectivity index (χ0) is 17.0. The molecule has 0 aromatic heterocycles. The molecule has 3 N–H and O–H groups in total. The van der Waals surface area contributed by atoms with Gasteiger partial charge in [0.2, 0.25) is 0 Å². The molecule has 5 nitrogen and oxygen atoms in total. The number of benzene rings is 1. The molecule has 1 aromatic carbocycles. The van der Waals surface area contributed by atoms with Crippen LogP contribution in [-0.2, 0) is 0 Å². The van der Waals surface area contributed by atoms with Crippen LogP contribution in [0.1, 0.15) is 36.5 Å². The standard InChI is InChI=1S/C18H28N4OS.HI/c1-2-19-18(22-14-16-10-6-13-24-16)21-12-7-11-20-17(23)15-8-4-3-5-9-15;/h3-5,8-9,16H,2,6-7,10-14H2,1H3,(H,20,23)(H2,19,21,22);1H. The van der Waals surface area contributed by atoms with Crippen molar-refractivity contribution in [2.24, 2.45) is 4.99 Å². The fraction of sp³-hybridized carbons (Fsp3) is 0.556. The lowest BCUT2D eigenvalue weighted by atomic mass is 10.2. The van der Waals surface area contributed by atoms with Crippen LogP contribution in [0.5, 0.6) is 0 Å². The SMILES string of the molecule is CCNC(=NCC1CCCS1)NCCCNC(=O)c1ccccc1.I. The molecule has 1 aliphatic rings. The van der Waals surface area contributed by atoms with E-state index in [1.165, 1.54) is 18.6 Å². The average molecular weight is 476 g/mol. The summed E-state index contributed by atoms with van der Waals surface area (Å²) in [5.74, 6) is 2.12. The first-order valence-corrected chi connectivity index (χ1v) is 9.81. The summed E-state index contributed by atoms with van der Waals surface area (Å²) in [6, 6.07) is 9.30. The number of nitrogens with one attached hydrogen (secondary N) is 3. The number of amides is 1. The lowest BCUT2D eigenvalue weighted by molar-refractivity contribution is 0.0953. The van der Waals surface area contributed by atoms with Crippen LogP contribution in [0.2, 0.25) is 0 Å². The molecule has 0 saturated carbocycles. The maximum absolute atomic E-state index is 11.9. The molecule has 1 aromatic rings. The summed E-state index contributed by atoms with van der Waals surface area (Å²) in [4.78, 5) is 16.6. The van der Waals surface area contributed by atoms with Gasteiger partial charge in [-0.25, -0.2) is 0 Å². The minimum absolute atomic E-state index is 0. The van der Waals surface area contributed by atoms with Crippen molar-refractivity contribution in [3.05, 3.63) is 35.9 Å². The van der Waals surface area contributed by atoms with Gasteiger partial charge in [0.25, 0.3) is 5.91 Å². The Morgan fingerprint density at radius 2 is 1.96 bits per heavy atom. The number of hydrogen-bond donors (Lipinski definition) is 3. The molecule has 2 rings (SSSR count). The maximum atomic E-state index is 11.9. The van der Waals surface area contributed by atoms with E-state index < -0.39 is 0 Å². The van der Waals surface area contributed by atoms with Crippen LogP contribution in [0.4, 0.5) is 0 Å². The molecule has 7 heteroatoms. The third-order valence-electron chi connectivity index (χ3n) is 3.79. The van der Waals surface area contributed by atoms with E-state index in [-0.39, 0.29) is 29.9 Å². The molecule has 140 valence electrons. The molecule has 1 amide bonds. The lowest BCUT2D eigenvalue weighted by Gasteiger charge is -2.13. The van der Waals surface area contributed by atoms with E-state index in [1.807, 2.05) is 42.1 Å². The van der Waals surface area contributed by atoms with Gasteiger partial charge in [-0.1, -0.05) is 18.2 Å². The monoisotopic (exact) mass is 476 g/mol. The van der Waals surface area contributed by atoms with Gasteiger partial charge in [-0.3, -0.25) is 9.79 Å². The zero-order valence-corrected chi connectivity index (χ0v) is 17.9. The van der Waals surface area contributed by atoms with Crippen LogP contribution in [0, 0.1) is 0 Å². The molecule has 1 aliphatic heterocycles. The van der Waals surface area contributed by atoms with Crippen molar-refractivity contribution in [1.82, 2.24) is 16.0 Å². The van der Waals surface area contributed by atoms with Gasteiger partial charge in [0.15, 0.2) is 5.96 Å². The molecular weight excluding hydrogens is 447 g/mol. The summed E-state index contributed by atoms with van der Waals surface area (Å²) in [6.45, 7) is 5.25. The number of guanidine groups is 1. The van der Waals surface area contributed by atoms with E-state index in [0.29, 0.717) is 17.4 Å². The first-order chi connectivity index (χ1) is 11.8. The van der Waals surface area contributed by atoms with Gasteiger partial charge in [-0.2, -0.15) is 11.8 Å². The normalized spacial score (nSPS) is 16.8. The first kappa shape index (κ1) is 22.1. The number of thioether (sulfide) groups is 1. The lowest BCUT2D eigenvalue weighted by Crippen LogP contribution is -2.39. The van der Waals surface area contributed by atoms with Gasteiger partial charge in [0.05, 0.1) is 6.54 Å². The second-order valence-electron chi connectivity index (χ2n) is 5.76. The second kappa shape index (κ2) is 13.3. The summed E-state index contributed by atoms with van der Waals surface area (Å²) in [5.41, 5.74) is 0.703. The quantitative estimate of drug-likeness (QED) is 0.234. The van der Waals surface area contributed by atoms with Gasteiger partial charge in [-0.05, 0) is 44.1 Å². The highest BCUT2D eigenvalue weighted by Crippen LogP contribution is 2.25. The highest BCUT2D eigenvalue weighted by Gasteiger charge is 2.14. The third-order valence-corrected chi connectivity index (χ3v) is 5.17. The van der Waals surface area contributed by atoms with Gasteiger partial charge < -0.3 is 16.0 Å². The number of carbonyl (C=O) groups excluding carboxylic acids is 1. The van der Waals surface area contributed by atoms with Gasteiger partial charge in [0.1, 0.15) is 0 Å². The molecule has 0 aliphatic carbocycles. The molecule has 0 spiro atoms. The number of rotatable bonds is 8. The molecule has 25 heavy (non-hydrogen) atoms. The van der Waals surface area contributed by atoms with Crippen molar-refractivity contribution in [3.63, 3.8) is 0 Å². The molecular formula is C18H29IN4OS. The summed E-state index contributed by atoms with van der Waals surface area (Å²) in [6.07, 6.45) is 3.45. The van der Waals surface area contributed by atoms with Crippen molar-refractivity contribution in [1.29, 1.82) is 0 Å². The molecule has 1 saturated heterocycles. The number of halogens is 1. The smallest absolute Gasteiger partial charge is 0.251 e. The van der Waals surface area contributed by atoms with Gasteiger partial charge in [0, 0.05) is 30.4 Å². The van der Waals surface area contributed by atoms with Crippen molar-refractivity contribution in [2.45, 2.75) is 31.4 Å². The molecule has 1 atom stereocenters. The van der Waals surface area contributed by atoms with Crippen LogP contribution in [0.3, 0.4) is 0 Å². The largest absolute Gasteiger partial charge is 0.357 e. The van der Waals surface area contributed by atoms with E-state index in [2.05, 4.69) is 27.9 Å². The summed E-state index contributed by atoms with van der Waals surface area (Å²) in [5, 5.41) is 10.2.